The van der Waals surface area contributed by atoms with Crippen LogP contribution < -0.4 is 5.73 Å². The maximum Gasteiger partial charge on any atom is 0.0800 e. The van der Waals surface area contributed by atoms with Crippen LogP contribution in [0.3, 0.4) is 0 Å². The second-order valence-electron chi connectivity index (χ2n) is 5.11. The van der Waals surface area contributed by atoms with E-state index < -0.39 is 0 Å². The Balaban J connectivity index is 2.19. The first-order valence-corrected chi connectivity index (χ1v) is 6.97. The van der Waals surface area contributed by atoms with Gasteiger partial charge >= 0.3 is 0 Å². The smallest absolute Gasteiger partial charge is 0.0800 e. The fraction of sp³-hybridized carbons (Fsp3) is 0.167. The van der Waals surface area contributed by atoms with Gasteiger partial charge in [-0.15, -0.1) is 0 Å². The van der Waals surface area contributed by atoms with Gasteiger partial charge in [0.2, 0.25) is 0 Å². The molecule has 3 heteroatoms. The summed E-state index contributed by atoms with van der Waals surface area (Å²) < 4.78 is 5.40. The molecular weight excluding hydrogens is 260 g/mol. The summed E-state index contributed by atoms with van der Waals surface area (Å²) in [4.78, 5) is 4.50. The zero-order valence-electron chi connectivity index (χ0n) is 12.2. The highest BCUT2D eigenvalue weighted by Gasteiger charge is 2.09. The number of anilines is 1. The van der Waals surface area contributed by atoms with Crippen LogP contribution in [-0.2, 0) is 4.74 Å². The first kappa shape index (κ1) is 13.6. The van der Waals surface area contributed by atoms with Crippen LogP contribution >= 0.6 is 0 Å². The van der Waals surface area contributed by atoms with E-state index in [4.69, 9.17) is 10.5 Å². The third kappa shape index (κ3) is 2.48. The van der Waals surface area contributed by atoms with Gasteiger partial charge in [0.25, 0.3) is 0 Å². The highest BCUT2D eigenvalue weighted by molar-refractivity contribution is 5.99. The molecule has 0 radical (unpaired) electrons. The van der Waals surface area contributed by atoms with E-state index in [0.29, 0.717) is 0 Å². The van der Waals surface area contributed by atoms with Gasteiger partial charge in [-0.3, -0.25) is 4.98 Å². The summed E-state index contributed by atoms with van der Waals surface area (Å²) in [5, 5.41) is 0.986. The molecule has 0 spiro atoms. The van der Waals surface area contributed by atoms with Crippen molar-refractivity contribution in [1.82, 2.24) is 4.98 Å². The molecule has 1 heterocycles. The molecule has 106 valence electrons. The minimum absolute atomic E-state index is 0.0676. The lowest BCUT2D eigenvalue weighted by Gasteiger charge is -2.12. The van der Waals surface area contributed by atoms with Crippen LogP contribution in [0.25, 0.3) is 22.0 Å². The molecule has 0 fully saturated rings. The van der Waals surface area contributed by atoms with Crippen molar-refractivity contribution in [1.29, 1.82) is 0 Å². The Labute approximate surface area is 124 Å². The summed E-state index contributed by atoms with van der Waals surface area (Å²) in [7, 11) is 1.72. The van der Waals surface area contributed by atoms with Crippen LogP contribution in [0.4, 0.5) is 5.69 Å². The van der Waals surface area contributed by atoms with Crippen LogP contribution in [0, 0.1) is 0 Å². The van der Waals surface area contributed by atoms with Crippen molar-refractivity contribution < 1.29 is 4.74 Å². The topological polar surface area (TPSA) is 48.1 Å². The Hall–Kier alpha value is -2.39. The number of nitrogens with two attached hydrogens (primary N) is 1. The summed E-state index contributed by atoms with van der Waals surface area (Å²) in [5.41, 5.74) is 11.1. The predicted octanol–water partition coefficient (Wildman–Crippen LogP) is 4.19. The third-order valence-corrected chi connectivity index (χ3v) is 3.83. The van der Waals surface area contributed by atoms with E-state index in [9.17, 15) is 0 Å². The van der Waals surface area contributed by atoms with Crippen LogP contribution in [-0.4, -0.2) is 12.1 Å². The molecule has 3 rings (SSSR count). The van der Waals surface area contributed by atoms with Gasteiger partial charge in [0.1, 0.15) is 0 Å². The van der Waals surface area contributed by atoms with Crippen molar-refractivity contribution in [2.24, 2.45) is 0 Å². The van der Waals surface area contributed by atoms with E-state index in [0.717, 1.165) is 33.3 Å². The number of aromatic nitrogens is 1. The van der Waals surface area contributed by atoms with Crippen molar-refractivity contribution in [2.75, 3.05) is 12.8 Å². The van der Waals surface area contributed by atoms with Crippen LogP contribution in [0.15, 0.2) is 54.7 Å². The summed E-state index contributed by atoms with van der Waals surface area (Å²) in [5.74, 6) is 0. The maximum atomic E-state index is 6.04. The molecule has 2 N–H and O–H groups in total. The van der Waals surface area contributed by atoms with Crippen LogP contribution in [0.2, 0.25) is 0 Å². The predicted molar refractivity (Wildman–Crippen MR) is 87.0 cm³/mol. The lowest BCUT2D eigenvalue weighted by Crippen LogP contribution is -1.96. The number of nitrogens with zero attached hydrogens (tertiary/aromatic N) is 1. The first-order chi connectivity index (χ1) is 10.2. The Bertz CT molecular complexity index is 783. The van der Waals surface area contributed by atoms with Crippen molar-refractivity contribution >= 4 is 16.6 Å². The van der Waals surface area contributed by atoms with Gasteiger partial charge in [-0.1, -0.05) is 36.4 Å². The molecule has 1 aromatic heterocycles. The van der Waals surface area contributed by atoms with Crippen molar-refractivity contribution in [3.8, 4) is 11.1 Å². The Kier molecular flexibility index (Phi) is 3.59. The Morgan fingerprint density at radius 3 is 2.71 bits per heavy atom. The van der Waals surface area contributed by atoms with E-state index in [2.05, 4.69) is 29.2 Å². The largest absolute Gasteiger partial charge is 0.398 e. The van der Waals surface area contributed by atoms with Gasteiger partial charge < -0.3 is 10.5 Å². The van der Waals surface area contributed by atoms with E-state index in [1.165, 1.54) is 0 Å². The van der Waals surface area contributed by atoms with Crippen molar-refractivity contribution in [2.45, 2.75) is 13.0 Å². The van der Waals surface area contributed by atoms with Crippen molar-refractivity contribution in [3.63, 3.8) is 0 Å². The number of fused-ring (bicyclic) bond motifs is 1. The average Bonchev–Trinajstić information content (AvgIpc) is 2.54. The highest BCUT2D eigenvalue weighted by atomic mass is 16.5. The molecule has 3 nitrogen and oxygen atoms in total. The molecule has 0 aliphatic carbocycles. The van der Waals surface area contributed by atoms with E-state index in [-0.39, 0.29) is 6.10 Å². The van der Waals surface area contributed by atoms with E-state index >= 15 is 0 Å². The maximum absolute atomic E-state index is 6.04. The van der Waals surface area contributed by atoms with Crippen molar-refractivity contribution in [3.05, 3.63) is 60.3 Å². The number of para-hydroxylation sites is 1. The van der Waals surface area contributed by atoms with E-state index in [1.807, 2.05) is 31.2 Å². The number of hydrogen-bond acceptors (Lipinski definition) is 3. The Morgan fingerprint density at radius 2 is 1.90 bits per heavy atom. The summed E-state index contributed by atoms with van der Waals surface area (Å²) in [6.45, 7) is 2.04. The fourth-order valence-electron chi connectivity index (χ4n) is 2.53. The van der Waals surface area contributed by atoms with Gasteiger partial charge in [0, 0.05) is 29.9 Å². The van der Waals surface area contributed by atoms with Crippen LogP contribution in [0.5, 0.6) is 0 Å². The molecule has 3 aromatic rings. The molecule has 0 aliphatic heterocycles. The number of pyridine rings is 1. The SMILES string of the molecule is CO[C@H](C)c1cccc(-c2cccc3c(N)ccnc23)c1. The van der Waals surface area contributed by atoms with Crippen LogP contribution in [0.1, 0.15) is 18.6 Å². The van der Waals surface area contributed by atoms with Gasteiger partial charge in [0.15, 0.2) is 0 Å². The standard InChI is InChI=1S/C18H18N2O/c1-12(21-2)13-5-3-6-14(11-13)15-7-4-8-16-17(19)9-10-20-18(15)16/h3-12H,1-2H3,(H2,19,20)/t12-/m1/s1. The molecule has 0 unspecified atom stereocenters. The lowest BCUT2D eigenvalue weighted by molar-refractivity contribution is 0.119. The van der Waals surface area contributed by atoms with Gasteiger partial charge in [0.05, 0.1) is 11.6 Å². The zero-order valence-corrected chi connectivity index (χ0v) is 12.2. The second kappa shape index (κ2) is 5.54. The molecular formula is C18H18N2O. The molecule has 1 atom stereocenters. The van der Waals surface area contributed by atoms with Gasteiger partial charge in [-0.2, -0.15) is 0 Å². The molecule has 21 heavy (non-hydrogen) atoms. The van der Waals surface area contributed by atoms with Gasteiger partial charge in [-0.25, -0.2) is 0 Å². The quantitative estimate of drug-likeness (QED) is 0.781. The molecule has 0 saturated carbocycles. The fourth-order valence-corrected chi connectivity index (χ4v) is 2.53. The number of benzene rings is 2. The average molecular weight is 278 g/mol. The lowest BCUT2D eigenvalue weighted by atomic mass is 9.98. The molecule has 0 saturated heterocycles. The monoisotopic (exact) mass is 278 g/mol. The number of hydrogen-bond donors (Lipinski definition) is 1. The first-order valence-electron chi connectivity index (χ1n) is 6.97. The summed E-state index contributed by atoms with van der Waals surface area (Å²) in [6.07, 6.45) is 1.82. The minimum Gasteiger partial charge on any atom is -0.398 e. The molecule has 0 aliphatic rings. The number of rotatable bonds is 3. The number of ether oxygens (including phenoxy) is 1. The number of methoxy groups -OCH3 is 1. The summed E-state index contributed by atoms with van der Waals surface area (Å²) in [6, 6.07) is 16.3. The second-order valence-corrected chi connectivity index (χ2v) is 5.11. The number of nitrogen functional groups attached to an aromatic ring is 1. The highest BCUT2D eigenvalue weighted by Crippen LogP contribution is 2.31. The summed E-state index contributed by atoms with van der Waals surface area (Å²) >= 11 is 0. The van der Waals surface area contributed by atoms with E-state index in [1.54, 1.807) is 13.3 Å². The Morgan fingerprint density at radius 1 is 1.10 bits per heavy atom. The zero-order chi connectivity index (χ0) is 14.8. The molecule has 0 amide bonds. The van der Waals surface area contributed by atoms with Gasteiger partial charge in [-0.05, 0) is 30.2 Å². The normalized spacial score (nSPS) is 12.5. The molecule has 0 bridgehead atoms. The molecule has 2 aromatic carbocycles. The third-order valence-electron chi connectivity index (χ3n) is 3.83. The minimum atomic E-state index is 0.0676.